The quantitative estimate of drug-likeness (QED) is 0.629. The number of esters is 1. The number of rotatable bonds is 5. The molecule has 1 aromatic heterocycles. The van der Waals surface area contributed by atoms with Crippen molar-refractivity contribution in [3.63, 3.8) is 0 Å². The molecule has 28 heavy (non-hydrogen) atoms. The minimum Gasteiger partial charge on any atom is -0.451 e. The smallest absolute Gasteiger partial charge is 0.350 e. The fourth-order valence-corrected chi connectivity index (χ4v) is 4.00. The van der Waals surface area contributed by atoms with Gasteiger partial charge >= 0.3 is 5.97 Å². The van der Waals surface area contributed by atoms with Crippen molar-refractivity contribution >= 4 is 28.9 Å². The lowest BCUT2D eigenvalue weighted by molar-refractivity contribution is -0.119. The molecule has 0 unspecified atom stereocenters. The molecule has 0 spiro atoms. The van der Waals surface area contributed by atoms with Crippen LogP contribution in [-0.2, 0) is 9.53 Å². The van der Waals surface area contributed by atoms with Gasteiger partial charge in [0.15, 0.2) is 6.61 Å². The number of ether oxygens (including phenoxy) is 1. The van der Waals surface area contributed by atoms with Crippen molar-refractivity contribution in [1.82, 2.24) is 4.98 Å². The molecule has 0 bridgehead atoms. The molecule has 1 amide bonds. The van der Waals surface area contributed by atoms with E-state index in [0.717, 1.165) is 32.9 Å². The van der Waals surface area contributed by atoms with Crippen molar-refractivity contribution < 1.29 is 14.3 Å². The fraction of sp³-hybridized carbons (Fsp3) is 0.227. The Morgan fingerprint density at radius 2 is 1.68 bits per heavy atom. The minimum atomic E-state index is -0.537. The molecule has 0 fully saturated rings. The van der Waals surface area contributed by atoms with Gasteiger partial charge in [0.25, 0.3) is 5.91 Å². The summed E-state index contributed by atoms with van der Waals surface area (Å²) in [7, 11) is 0. The number of benzene rings is 2. The summed E-state index contributed by atoms with van der Waals surface area (Å²) in [6.45, 7) is 7.30. The van der Waals surface area contributed by atoms with Crippen molar-refractivity contribution in [2.45, 2.75) is 27.7 Å². The second-order valence-corrected chi connectivity index (χ2v) is 7.70. The van der Waals surface area contributed by atoms with Gasteiger partial charge in [0.05, 0.1) is 5.69 Å². The van der Waals surface area contributed by atoms with Crippen molar-refractivity contribution in [2.75, 3.05) is 11.9 Å². The van der Waals surface area contributed by atoms with Crippen molar-refractivity contribution in [3.05, 3.63) is 69.7 Å². The van der Waals surface area contributed by atoms with E-state index in [1.807, 2.05) is 63.2 Å². The van der Waals surface area contributed by atoms with Crippen molar-refractivity contribution in [2.24, 2.45) is 0 Å². The van der Waals surface area contributed by atoms with Gasteiger partial charge in [-0.1, -0.05) is 48.0 Å². The van der Waals surface area contributed by atoms with Gasteiger partial charge in [-0.05, 0) is 38.8 Å². The molecule has 3 aromatic rings. The summed E-state index contributed by atoms with van der Waals surface area (Å²) in [5.41, 5.74) is 5.38. The van der Waals surface area contributed by atoms with E-state index in [4.69, 9.17) is 4.74 Å². The van der Waals surface area contributed by atoms with Crippen LogP contribution in [0.15, 0.2) is 42.5 Å². The van der Waals surface area contributed by atoms with E-state index < -0.39 is 5.97 Å². The SMILES string of the molecule is Cc1cc(C)c(NC(=O)COC(=O)c2sc(-c3ccccc3)nc2C)c(C)c1. The van der Waals surface area contributed by atoms with Crippen molar-refractivity contribution in [3.8, 4) is 10.6 Å². The van der Waals surface area contributed by atoms with Gasteiger partial charge in [-0.15, -0.1) is 11.3 Å². The normalized spacial score (nSPS) is 10.6. The van der Waals surface area contributed by atoms with Crippen LogP contribution in [-0.4, -0.2) is 23.5 Å². The molecule has 2 aromatic carbocycles. The molecule has 0 aliphatic carbocycles. The molecule has 1 heterocycles. The second kappa shape index (κ2) is 8.35. The summed E-state index contributed by atoms with van der Waals surface area (Å²) in [6, 6.07) is 13.6. The lowest BCUT2D eigenvalue weighted by Crippen LogP contribution is -2.21. The van der Waals surface area contributed by atoms with Crippen LogP contribution in [0.5, 0.6) is 0 Å². The molecule has 0 saturated heterocycles. The molecule has 1 N–H and O–H groups in total. The zero-order valence-electron chi connectivity index (χ0n) is 16.3. The zero-order chi connectivity index (χ0) is 20.3. The third kappa shape index (κ3) is 4.46. The topological polar surface area (TPSA) is 68.3 Å². The summed E-state index contributed by atoms with van der Waals surface area (Å²) in [5, 5.41) is 3.58. The van der Waals surface area contributed by atoms with Crippen LogP contribution in [0.3, 0.4) is 0 Å². The molecule has 3 rings (SSSR count). The number of hydrogen-bond donors (Lipinski definition) is 1. The first-order chi connectivity index (χ1) is 13.3. The average Bonchev–Trinajstić information content (AvgIpc) is 3.05. The number of carbonyl (C=O) groups excluding carboxylic acids is 2. The predicted molar refractivity (Wildman–Crippen MR) is 112 cm³/mol. The maximum absolute atomic E-state index is 12.4. The van der Waals surface area contributed by atoms with Gasteiger partial charge in [-0.25, -0.2) is 9.78 Å². The highest BCUT2D eigenvalue weighted by Gasteiger charge is 2.19. The Hall–Kier alpha value is -2.99. The fourth-order valence-electron chi connectivity index (χ4n) is 3.04. The molecule has 0 atom stereocenters. The Kier molecular flexibility index (Phi) is 5.90. The predicted octanol–water partition coefficient (Wildman–Crippen LogP) is 4.84. The molecule has 144 valence electrons. The van der Waals surface area contributed by atoms with Crippen LogP contribution in [0.1, 0.15) is 32.1 Å². The molecule has 5 nitrogen and oxygen atoms in total. The van der Waals surface area contributed by atoms with E-state index in [1.54, 1.807) is 6.92 Å². The van der Waals surface area contributed by atoms with Crippen LogP contribution in [0.2, 0.25) is 0 Å². The first-order valence-electron chi connectivity index (χ1n) is 8.93. The maximum atomic E-state index is 12.4. The first-order valence-corrected chi connectivity index (χ1v) is 9.74. The van der Waals surface area contributed by atoms with E-state index in [0.29, 0.717) is 10.6 Å². The lowest BCUT2D eigenvalue weighted by atomic mass is 10.1. The third-order valence-corrected chi connectivity index (χ3v) is 5.47. The van der Waals surface area contributed by atoms with Crippen LogP contribution >= 0.6 is 11.3 Å². The van der Waals surface area contributed by atoms with Gasteiger partial charge < -0.3 is 10.1 Å². The average molecular weight is 394 g/mol. The molecule has 0 aliphatic rings. The van der Waals surface area contributed by atoms with Gasteiger partial charge in [0, 0.05) is 11.3 Å². The number of thiazole rings is 1. The van der Waals surface area contributed by atoms with Gasteiger partial charge in [0.1, 0.15) is 9.88 Å². The number of amides is 1. The van der Waals surface area contributed by atoms with E-state index in [-0.39, 0.29) is 12.5 Å². The number of hydrogen-bond acceptors (Lipinski definition) is 5. The minimum absolute atomic E-state index is 0.344. The van der Waals surface area contributed by atoms with E-state index in [2.05, 4.69) is 10.3 Å². The van der Waals surface area contributed by atoms with E-state index in [1.165, 1.54) is 11.3 Å². The largest absolute Gasteiger partial charge is 0.451 e. The Balaban J connectivity index is 1.65. The highest BCUT2D eigenvalue weighted by Crippen LogP contribution is 2.28. The van der Waals surface area contributed by atoms with E-state index in [9.17, 15) is 9.59 Å². The van der Waals surface area contributed by atoms with Crippen LogP contribution in [0, 0.1) is 27.7 Å². The van der Waals surface area contributed by atoms with Crippen LogP contribution in [0.4, 0.5) is 5.69 Å². The highest BCUT2D eigenvalue weighted by molar-refractivity contribution is 7.17. The summed E-state index contributed by atoms with van der Waals surface area (Å²) in [5.74, 6) is -0.904. The Bertz CT molecular complexity index is 1000. The summed E-state index contributed by atoms with van der Waals surface area (Å²) < 4.78 is 5.22. The molecule has 0 saturated carbocycles. The highest BCUT2D eigenvalue weighted by atomic mass is 32.1. The van der Waals surface area contributed by atoms with Gasteiger partial charge in [-0.3, -0.25) is 4.79 Å². The summed E-state index contributed by atoms with van der Waals surface area (Å²) in [4.78, 5) is 29.5. The Morgan fingerprint density at radius 1 is 1.04 bits per heavy atom. The van der Waals surface area contributed by atoms with Crippen molar-refractivity contribution in [1.29, 1.82) is 0 Å². The number of nitrogens with zero attached hydrogens (tertiary/aromatic N) is 1. The van der Waals surface area contributed by atoms with Crippen LogP contribution in [0.25, 0.3) is 10.6 Å². The van der Waals surface area contributed by atoms with E-state index >= 15 is 0 Å². The number of aromatic nitrogens is 1. The molecule has 6 heteroatoms. The second-order valence-electron chi connectivity index (χ2n) is 6.70. The molecular weight excluding hydrogens is 372 g/mol. The van der Waals surface area contributed by atoms with Crippen LogP contribution < -0.4 is 5.32 Å². The van der Waals surface area contributed by atoms with Gasteiger partial charge in [0.2, 0.25) is 0 Å². The third-order valence-electron chi connectivity index (χ3n) is 4.28. The first kappa shape index (κ1) is 19.8. The maximum Gasteiger partial charge on any atom is 0.350 e. The lowest BCUT2D eigenvalue weighted by Gasteiger charge is -2.12. The Morgan fingerprint density at radius 3 is 2.32 bits per heavy atom. The summed E-state index contributed by atoms with van der Waals surface area (Å²) in [6.07, 6.45) is 0. The molecule has 0 aliphatic heterocycles. The number of carbonyl (C=O) groups is 2. The number of anilines is 1. The van der Waals surface area contributed by atoms with Gasteiger partial charge in [-0.2, -0.15) is 0 Å². The number of nitrogens with one attached hydrogen (secondary N) is 1. The summed E-state index contributed by atoms with van der Waals surface area (Å²) >= 11 is 1.27. The Labute approximate surface area is 168 Å². The molecular formula is C22H22N2O3S. The number of aryl methyl sites for hydroxylation is 4. The molecule has 0 radical (unpaired) electrons. The standard InChI is InChI=1S/C22H22N2O3S/c1-13-10-14(2)19(15(3)11-13)24-18(25)12-27-22(26)20-16(4)23-21(28-20)17-8-6-5-7-9-17/h5-11H,12H2,1-4H3,(H,24,25). The monoisotopic (exact) mass is 394 g/mol. The zero-order valence-corrected chi connectivity index (χ0v) is 17.1.